The minimum Gasteiger partial charge on any atom is -0.306 e. The molecule has 2 rings (SSSR count). The third kappa shape index (κ3) is 4.32. The molecule has 2 atom stereocenters. The molecular formula is C15H24NO3PS. The summed E-state index contributed by atoms with van der Waals surface area (Å²) in [6, 6.07) is 4.05. The van der Waals surface area contributed by atoms with Gasteiger partial charge >= 0.3 is 7.60 Å². The van der Waals surface area contributed by atoms with Gasteiger partial charge in [-0.1, -0.05) is 13.0 Å². The largest absolute Gasteiger partial charge is 0.332 e. The Morgan fingerprint density at radius 1 is 1.29 bits per heavy atom. The van der Waals surface area contributed by atoms with Gasteiger partial charge < -0.3 is 9.05 Å². The van der Waals surface area contributed by atoms with Crippen molar-refractivity contribution in [1.82, 2.24) is 4.98 Å². The topological polar surface area (TPSA) is 48.4 Å². The van der Waals surface area contributed by atoms with Crippen LogP contribution in [-0.4, -0.2) is 28.6 Å². The second-order valence-electron chi connectivity index (χ2n) is 5.94. The minimum atomic E-state index is -3.10. The van der Waals surface area contributed by atoms with Crippen molar-refractivity contribution >= 4 is 19.4 Å². The Hall–Kier alpha value is -0.350. The SMILES string of the molecule is CC(C)OP(=O)(CC1Sc2ncccc2C1C)OC(C)C. The van der Waals surface area contributed by atoms with E-state index in [0.29, 0.717) is 12.1 Å². The van der Waals surface area contributed by atoms with Gasteiger partial charge in [-0.25, -0.2) is 4.98 Å². The molecule has 1 aromatic rings. The number of hydrogen-bond donors (Lipinski definition) is 0. The summed E-state index contributed by atoms with van der Waals surface area (Å²) >= 11 is 1.68. The quantitative estimate of drug-likeness (QED) is 0.708. The third-order valence-corrected chi connectivity index (χ3v) is 7.27. The van der Waals surface area contributed by atoms with E-state index in [-0.39, 0.29) is 17.5 Å². The van der Waals surface area contributed by atoms with E-state index in [2.05, 4.69) is 18.0 Å². The number of fused-ring (bicyclic) bond motifs is 1. The highest BCUT2D eigenvalue weighted by atomic mass is 32.2. The molecule has 118 valence electrons. The Kier molecular flexibility index (Phi) is 5.53. The van der Waals surface area contributed by atoms with Gasteiger partial charge in [-0.3, -0.25) is 4.57 Å². The van der Waals surface area contributed by atoms with Gasteiger partial charge in [-0.05, 0) is 45.2 Å². The predicted molar refractivity (Wildman–Crippen MR) is 87.2 cm³/mol. The molecule has 0 spiro atoms. The standard InChI is InChI=1S/C15H24NO3PS/c1-10(2)18-20(17,19-11(3)4)9-14-12(5)13-7-6-8-16-15(13)21-14/h6-8,10-12,14H,9H2,1-5H3. The maximum atomic E-state index is 13.0. The molecule has 0 amide bonds. The molecule has 21 heavy (non-hydrogen) atoms. The highest BCUT2D eigenvalue weighted by molar-refractivity contribution is 8.00. The summed E-state index contributed by atoms with van der Waals surface area (Å²) in [6.45, 7) is 9.70. The van der Waals surface area contributed by atoms with E-state index < -0.39 is 7.60 Å². The first-order chi connectivity index (χ1) is 9.81. The Morgan fingerprint density at radius 3 is 2.43 bits per heavy atom. The van der Waals surface area contributed by atoms with Crippen molar-refractivity contribution in [3.05, 3.63) is 23.9 Å². The average Bonchev–Trinajstić information content (AvgIpc) is 2.64. The van der Waals surface area contributed by atoms with Crippen molar-refractivity contribution in [2.24, 2.45) is 0 Å². The lowest BCUT2D eigenvalue weighted by atomic mass is 10.0. The Bertz CT molecular complexity index is 521. The summed E-state index contributed by atoms with van der Waals surface area (Å²) in [5, 5.41) is 1.22. The first kappa shape index (κ1) is 17.0. The fourth-order valence-electron chi connectivity index (χ4n) is 2.46. The van der Waals surface area contributed by atoms with E-state index in [1.165, 1.54) is 5.56 Å². The lowest BCUT2D eigenvalue weighted by Crippen LogP contribution is -2.18. The van der Waals surface area contributed by atoms with Gasteiger partial charge in [0.15, 0.2) is 0 Å². The van der Waals surface area contributed by atoms with Gasteiger partial charge in [-0.15, -0.1) is 11.8 Å². The summed E-state index contributed by atoms with van der Waals surface area (Å²) < 4.78 is 24.3. The zero-order valence-corrected chi connectivity index (χ0v) is 15.0. The van der Waals surface area contributed by atoms with Gasteiger partial charge in [-0.2, -0.15) is 0 Å². The van der Waals surface area contributed by atoms with Crippen LogP contribution in [0, 0.1) is 0 Å². The van der Waals surface area contributed by atoms with Crippen LogP contribution < -0.4 is 0 Å². The molecule has 0 aliphatic carbocycles. The summed E-state index contributed by atoms with van der Waals surface area (Å²) in [5.74, 6) is 0.304. The highest BCUT2D eigenvalue weighted by Gasteiger charge is 2.39. The summed E-state index contributed by atoms with van der Waals surface area (Å²) in [7, 11) is -3.10. The second-order valence-corrected chi connectivity index (χ2v) is 9.18. The molecule has 0 fully saturated rings. The Labute approximate surface area is 131 Å². The minimum absolute atomic E-state index is 0.114. The zero-order chi connectivity index (χ0) is 15.6. The van der Waals surface area contributed by atoms with Crippen LogP contribution in [-0.2, 0) is 13.6 Å². The van der Waals surface area contributed by atoms with Gasteiger partial charge in [0.25, 0.3) is 0 Å². The number of thioether (sulfide) groups is 1. The first-order valence-electron chi connectivity index (χ1n) is 7.38. The van der Waals surface area contributed by atoms with Gasteiger partial charge in [0.2, 0.25) is 0 Å². The van der Waals surface area contributed by atoms with Crippen LogP contribution >= 0.6 is 19.4 Å². The molecule has 0 saturated heterocycles. The molecular weight excluding hydrogens is 305 g/mol. The smallest absolute Gasteiger partial charge is 0.306 e. The van der Waals surface area contributed by atoms with Gasteiger partial charge in [0, 0.05) is 11.4 Å². The van der Waals surface area contributed by atoms with Crippen molar-refractivity contribution < 1.29 is 13.6 Å². The fourth-order valence-corrected chi connectivity index (χ4v) is 6.72. The number of pyridine rings is 1. The van der Waals surface area contributed by atoms with Crippen LogP contribution in [0.4, 0.5) is 0 Å². The molecule has 0 aromatic carbocycles. The molecule has 2 unspecified atom stereocenters. The van der Waals surface area contributed by atoms with Crippen molar-refractivity contribution in [2.45, 2.75) is 63.0 Å². The zero-order valence-electron chi connectivity index (χ0n) is 13.3. The van der Waals surface area contributed by atoms with E-state index in [9.17, 15) is 4.57 Å². The Balaban J connectivity index is 2.13. The van der Waals surface area contributed by atoms with Crippen LogP contribution in [0.15, 0.2) is 23.4 Å². The predicted octanol–water partition coefficient (Wildman–Crippen LogP) is 4.70. The molecule has 4 nitrogen and oxygen atoms in total. The number of nitrogens with zero attached hydrogens (tertiary/aromatic N) is 1. The van der Waals surface area contributed by atoms with Gasteiger partial charge in [0.05, 0.1) is 23.4 Å². The van der Waals surface area contributed by atoms with Crippen LogP contribution in [0.25, 0.3) is 0 Å². The van der Waals surface area contributed by atoms with E-state index in [4.69, 9.17) is 9.05 Å². The van der Waals surface area contributed by atoms with E-state index in [1.807, 2.05) is 33.8 Å². The number of rotatable bonds is 6. The highest BCUT2D eigenvalue weighted by Crippen LogP contribution is 2.56. The molecule has 6 heteroatoms. The third-order valence-electron chi connectivity index (χ3n) is 3.26. The van der Waals surface area contributed by atoms with E-state index in [1.54, 1.807) is 18.0 Å². The maximum absolute atomic E-state index is 13.0. The average molecular weight is 329 g/mol. The van der Waals surface area contributed by atoms with Crippen LogP contribution in [0.1, 0.15) is 46.1 Å². The molecule has 0 radical (unpaired) electrons. The normalized spacial score (nSPS) is 22.0. The molecule has 1 aliphatic rings. The number of aromatic nitrogens is 1. The molecule has 1 aromatic heterocycles. The first-order valence-corrected chi connectivity index (χ1v) is 9.99. The van der Waals surface area contributed by atoms with Crippen molar-refractivity contribution in [2.75, 3.05) is 6.16 Å². The van der Waals surface area contributed by atoms with E-state index >= 15 is 0 Å². The second kappa shape index (κ2) is 6.82. The van der Waals surface area contributed by atoms with Crippen molar-refractivity contribution in [1.29, 1.82) is 0 Å². The Morgan fingerprint density at radius 2 is 1.90 bits per heavy atom. The van der Waals surface area contributed by atoms with Crippen LogP contribution in [0.3, 0.4) is 0 Å². The van der Waals surface area contributed by atoms with Crippen molar-refractivity contribution in [3.8, 4) is 0 Å². The summed E-state index contributed by atoms with van der Waals surface area (Å²) in [6.07, 6.45) is 2.00. The van der Waals surface area contributed by atoms with Crippen LogP contribution in [0.5, 0.6) is 0 Å². The molecule has 2 heterocycles. The van der Waals surface area contributed by atoms with Crippen LogP contribution in [0.2, 0.25) is 0 Å². The molecule has 1 aliphatic heterocycles. The molecule has 0 bridgehead atoms. The monoisotopic (exact) mass is 329 g/mol. The lowest BCUT2D eigenvalue weighted by molar-refractivity contribution is 0.142. The summed E-state index contributed by atoms with van der Waals surface area (Å²) in [4.78, 5) is 4.40. The lowest BCUT2D eigenvalue weighted by Gasteiger charge is -2.26. The molecule has 0 saturated carbocycles. The van der Waals surface area contributed by atoms with Gasteiger partial charge in [0.1, 0.15) is 0 Å². The number of hydrogen-bond acceptors (Lipinski definition) is 5. The van der Waals surface area contributed by atoms with Crippen molar-refractivity contribution in [3.63, 3.8) is 0 Å². The molecule has 0 N–H and O–H groups in total. The van der Waals surface area contributed by atoms with E-state index in [0.717, 1.165) is 5.03 Å². The maximum Gasteiger partial charge on any atom is 0.332 e. The summed E-state index contributed by atoms with van der Waals surface area (Å²) in [5.41, 5.74) is 1.23. The fraction of sp³-hybridized carbons (Fsp3) is 0.667.